The predicted molar refractivity (Wildman–Crippen MR) is 74.7 cm³/mol. The quantitative estimate of drug-likeness (QED) is 0.901. The Kier molecular flexibility index (Phi) is 4.36. The molecule has 8 heteroatoms. The molecule has 0 fully saturated rings. The van der Waals surface area contributed by atoms with Crippen LogP contribution in [-0.4, -0.2) is 15.7 Å². The Morgan fingerprint density at radius 3 is 2.71 bits per heavy atom. The van der Waals surface area contributed by atoms with Gasteiger partial charge in [0.25, 0.3) is 0 Å². The van der Waals surface area contributed by atoms with Crippen LogP contribution in [0.2, 0.25) is 0 Å². The molecule has 0 spiro atoms. The van der Waals surface area contributed by atoms with Gasteiger partial charge in [-0.25, -0.2) is 0 Å². The standard InChI is InChI=1S/C13H11BrF3N3O/c1-8(20-6-2-5-18-20)12(21)19-9-3-4-11(14)10(7-9)13(15,16)17/h2-8H,1H3,(H,19,21). The monoisotopic (exact) mass is 361 g/mol. The molecular formula is C13H11BrF3N3O. The fourth-order valence-corrected chi connectivity index (χ4v) is 2.17. The van der Waals surface area contributed by atoms with E-state index in [-0.39, 0.29) is 10.2 Å². The third kappa shape index (κ3) is 3.63. The lowest BCUT2D eigenvalue weighted by molar-refractivity contribution is -0.138. The van der Waals surface area contributed by atoms with Crippen LogP contribution in [0.3, 0.4) is 0 Å². The molecule has 1 N–H and O–H groups in total. The molecule has 1 heterocycles. The summed E-state index contributed by atoms with van der Waals surface area (Å²) in [5.41, 5.74) is -0.762. The number of hydrogen-bond acceptors (Lipinski definition) is 2. The van der Waals surface area contributed by atoms with E-state index in [0.29, 0.717) is 0 Å². The van der Waals surface area contributed by atoms with Gasteiger partial charge in [0.2, 0.25) is 5.91 Å². The van der Waals surface area contributed by atoms with E-state index < -0.39 is 23.7 Å². The molecule has 0 aliphatic rings. The second kappa shape index (κ2) is 5.88. The highest BCUT2D eigenvalue weighted by Gasteiger charge is 2.33. The normalized spacial score (nSPS) is 13.0. The number of rotatable bonds is 3. The molecule has 21 heavy (non-hydrogen) atoms. The topological polar surface area (TPSA) is 46.9 Å². The maximum Gasteiger partial charge on any atom is 0.417 e. The first-order chi connectivity index (χ1) is 9.79. The van der Waals surface area contributed by atoms with Gasteiger partial charge in [0, 0.05) is 22.6 Å². The lowest BCUT2D eigenvalue weighted by Crippen LogP contribution is -2.24. The lowest BCUT2D eigenvalue weighted by Gasteiger charge is -2.15. The number of anilines is 1. The molecule has 112 valence electrons. The van der Waals surface area contributed by atoms with E-state index in [0.717, 1.165) is 6.07 Å². The van der Waals surface area contributed by atoms with Crippen molar-refractivity contribution in [3.8, 4) is 0 Å². The summed E-state index contributed by atoms with van der Waals surface area (Å²) in [5.74, 6) is -0.450. The van der Waals surface area contributed by atoms with Gasteiger partial charge in [0.05, 0.1) is 5.56 Å². The second-order valence-electron chi connectivity index (χ2n) is 4.34. The number of amides is 1. The molecule has 2 aromatic rings. The van der Waals surface area contributed by atoms with Gasteiger partial charge in [-0.05, 0) is 31.2 Å². The molecule has 0 saturated heterocycles. The van der Waals surface area contributed by atoms with E-state index in [2.05, 4.69) is 26.3 Å². The van der Waals surface area contributed by atoms with Crippen LogP contribution >= 0.6 is 15.9 Å². The average molecular weight is 362 g/mol. The highest BCUT2D eigenvalue weighted by atomic mass is 79.9. The number of alkyl halides is 3. The Hall–Kier alpha value is -1.83. The smallest absolute Gasteiger partial charge is 0.324 e. The summed E-state index contributed by atoms with van der Waals surface area (Å²) < 4.78 is 39.7. The SMILES string of the molecule is CC(C(=O)Nc1ccc(Br)c(C(F)(F)F)c1)n1cccn1. The Morgan fingerprint density at radius 2 is 2.14 bits per heavy atom. The van der Waals surface area contributed by atoms with Crippen molar-refractivity contribution in [1.82, 2.24) is 9.78 Å². The molecule has 2 rings (SSSR count). The zero-order valence-electron chi connectivity index (χ0n) is 10.9. The Balaban J connectivity index is 2.18. The van der Waals surface area contributed by atoms with Crippen molar-refractivity contribution in [2.45, 2.75) is 19.1 Å². The molecular weight excluding hydrogens is 351 g/mol. The van der Waals surface area contributed by atoms with Crippen LogP contribution in [0, 0.1) is 0 Å². The van der Waals surface area contributed by atoms with Crippen molar-refractivity contribution in [2.75, 3.05) is 5.32 Å². The van der Waals surface area contributed by atoms with E-state index >= 15 is 0 Å². The van der Waals surface area contributed by atoms with Crippen molar-refractivity contribution in [1.29, 1.82) is 0 Å². The first-order valence-corrected chi connectivity index (χ1v) is 6.75. The number of nitrogens with zero attached hydrogens (tertiary/aromatic N) is 2. The minimum Gasteiger partial charge on any atom is -0.324 e. The molecule has 1 amide bonds. The van der Waals surface area contributed by atoms with Gasteiger partial charge in [-0.3, -0.25) is 9.48 Å². The fraction of sp³-hybridized carbons (Fsp3) is 0.231. The zero-order chi connectivity index (χ0) is 15.6. The van der Waals surface area contributed by atoms with Crippen molar-refractivity contribution in [3.05, 3.63) is 46.7 Å². The van der Waals surface area contributed by atoms with Crippen LogP contribution in [-0.2, 0) is 11.0 Å². The largest absolute Gasteiger partial charge is 0.417 e. The van der Waals surface area contributed by atoms with Gasteiger partial charge < -0.3 is 5.32 Å². The summed E-state index contributed by atoms with van der Waals surface area (Å²) >= 11 is 2.85. The maximum atomic E-state index is 12.8. The minimum atomic E-state index is -4.49. The Morgan fingerprint density at radius 1 is 1.43 bits per heavy atom. The third-order valence-corrected chi connectivity index (χ3v) is 3.53. The van der Waals surface area contributed by atoms with E-state index in [1.54, 1.807) is 19.2 Å². The van der Waals surface area contributed by atoms with E-state index in [4.69, 9.17) is 0 Å². The maximum absolute atomic E-state index is 12.8. The molecule has 0 saturated carbocycles. The zero-order valence-corrected chi connectivity index (χ0v) is 12.4. The van der Waals surface area contributed by atoms with Gasteiger partial charge >= 0.3 is 6.18 Å². The predicted octanol–water partition coefficient (Wildman–Crippen LogP) is 3.86. The summed E-state index contributed by atoms with van der Waals surface area (Å²) in [4.78, 5) is 12.0. The van der Waals surface area contributed by atoms with Crippen molar-refractivity contribution in [3.63, 3.8) is 0 Å². The van der Waals surface area contributed by atoms with Crippen molar-refractivity contribution >= 4 is 27.5 Å². The number of hydrogen-bond donors (Lipinski definition) is 1. The van der Waals surface area contributed by atoms with Gasteiger partial charge in [-0.1, -0.05) is 15.9 Å². The van der Waals surface area contributed by atoms with E-state index in [9.17, 15) is 18.0 Å². The Labute approximate surface area is 127 Å². The highest BCUT2D eigenvalue weighted by Crippen LogP contribution is 2.36. The number of halogens is 4. The minimum absolute atomic E-state index is 0.0758. The van der Waals surface area contributed by atoms with E-state index in [1.165, 1.54) is 23.0 Å². The van der Waals surface area contributed by atoms with Gasteiger partial charge in [0.15, 0.2) is 0 Å². The average Bonchev–Trinajstić information content (AvgIpc) is 2.92. The second-order valence-corrected chi connectivity index (χ2v) is 5.20. The number of aromatic nitrogens is 2. The van der Waals surface area contributed by atoms with Gasteiger partial charge in [-0.15, -0.1) is 0 Å². The van der Waals surface area contributed by atoms with Crippen LogP contribution < -0.4 is 5.32 Å². The number of benzene rings is 1. The van der Waals surface area contributed by atoms with Crippen LogP contribution in [0.4, 0.5) is 18.9 Å². The van der Waals surface area contributed by atoms with E-state index in [1.807, 2.05) is 0 Å². The molecule has 0 aliphatic carbocycles. The van der Waals surface area contributed by atoms with Crippen LogP contribution in [0.25, 0.3) is 0 Å². The van der Waals surface area contributed by atoms with Gasteiger partial charge in [0.1, 0.15) is 6.04 Å². The summed E-state index contributed by atoms with van der Waals surface area (Å²) in [6, 6.07) is 4.56. The molecule has 1 aromatic carbocycles. The number of carbonyl (C=O) groups is 1. The molecule has 0 aliphatic heterocycles. The highest BCUT2D eigenvalue weighted by molar-refractivity contribution is 9.10. The number of nitrogens with one attached hydrogen (secondary N) is 1. The fourth-order valence-electron chi connectivity index (χ4n) is 1.70. The summed E-state index contributed by atoms with van der Waals surface area (Å²) in [6.45, 7) is 1.60. The third-order valence-electron chi connectivity index (χ3n) is 2.84. The first-order valence-electron chi connectivity index (χ1n) is 5.96. The first kappa shape index (κ1) is 15.6. The summed E-state index contributed by atoms with van der Waals surface area (Å²) in [6.07, 6.45) is -1.37. The van der Waals surface area contributed by atoms with Gasteiger partial charge in [-0.2, -0.15) is 18.3 Å². The molecule has 1 aromatic heterocycles. The molecule has 0 radical (unpaired) electrons. The lowest BCUT2D eigenvalue weighted by atomic mass is 10.2. The summed E-state index contributed by atoms with van der Waals surface area (Å²) in [5, 5.41) is 6.37. The van der Waals surface area contributed by atoms with Crippen molar-refractivity contribution in [2.24, 2.45) is 0 Å². The summed E-state index contributed by atoms with van der Waals surface area (Å²) in [7, 11) is 0. The molecule has 0 bridgehead atoms. The molecule has 1 atom stereocenters. The number of carbonyl (C=O) groups excluding carboxylic acids is 1. The van der Waals surface area contributed by atoms with Crippen LogP contribution in [0.15, 0.2) is 41.1 Å². The molecule has 1 unspecified atom stereocenters. The van der Waals surface area contributed by atoms with Crippen LogP contribution in [0.1, 0.15) is 18.5 Å². The van der Waals surface area contributed by atoms with Crippen LogP contribution in [0.5, 0.6) is 0 Å². The van der Waals surface area contributed by atoms with Crippen molar-refractivity contribution < 1.29 is 18.0 Å². The Bertz CT molecular complexity index is 641. The molecule has 4 nitrogen and oxygen atoms in total.